The summed E-state index contributed by atoms with van der Waals surface area (Å²) in [4.78, 5) is 2.61. The van der Waals surface area contributed by atoms with E-state index >= 15 is 0 Å². The van der Waals surface area contributed by atoms with Gasteiger partial charge in [-0.1, -0.05) is 29.8 Å². The van der Waals surface area contributed by atoms with E-state index in [1.54, 1.807) is 0 Å². The molecule has 1 aromatic rings. The fraction of sp³-hybridized carbons (Fsp3) is 0.647. The van der Waals surface area contributed by atoms with Crippen LogP contribution >= 0.6 is 0 Å². The monoisotopic (exact) mass is 260 g/mol. The number of hydrogen-bond donors (Lipinski definition) is 1. The van der Waals surface area contributed by atoms with Crippen molar-refractivity contribution in [1.29, 1.82) is 0 Å². The third-order valence-electron chi connectivity index (χ3n) is 4.23. The molecule has 0 aromatic heterocycles. The van der Waals surface area contributed by atoms with Crippen molar-refractivity contribution in [2.24, 2.45) is 5.92 Å². The highest BCUT2D eigenvalue weighted by molar-refractivity contribution is 5.22. The summed E-state index contributed by atoms with van der Waals surface area (Å²) in [6.07, 6.45) is 5.50. The largest absolute Gasteiger partial charge is 0.320 e. The van der Waals surface area contributed by atoms with E-state index in [1.165, 1.54) is 56.4 Å². The van der Waals surface area contributed by atoms with Crippen molar-refractivity contribution in [1.82, 2.24) is 10.2 Å². The molecule has 2 rings (SSSR count). The van der Waals surface area contributed by atoms with Gasteiger partial charge in [0.25, 0.3) is 0 Å². The van der Waals surface area contributed by atoms with Gasteiger partial charge in [0.1, 0.15) is 0 Å². The molecule has 0 saturated carbocycles. The lowest BCUT2D eigenvalue weighted by atomic mass is 9.92. The highest BCUT2D eigenvalue weighted by Gasteiger charge is 2.18. The minimum atomic E-state index is 0.960. The van der Waals surface area contributed by atoms with Crippen LogP contribution in [0.25, 0.3) is 0 Å². The van der Waals surface area contributed by atoms with Gasteiger partial charge in [-0.15, -0.1) is 0 Å². The van der Waals surface area contributed by atoms with Crippen molar-refractivity contribution in [2.45, 2.75) is 39.2 Å². The molecular weight excluding hydrogens is 232 g/mol. The van der Waals surface area contributed by atoms with Gasteiger partial charge in [-0.3, -0.25) is 4.90 Å². The second-order valence-electron chi connectivity index (χ2n) is 5.95. The first-order chi connectivity index (χ1) is 9.28. The van der Waals surface area contributed by atoms with Crippen LogP contribution in [0.2, 0.25) is 0 Å². The first-order valence-corrected chi connectivity index (χ1v) is 7.70. The lowest BCUT2D eigenvalue weighted by Crippen LogP contribution is -2.33. The summed E-state index contributed by atoms with van der Waals surface area (Å²) in [7, 11) is 2.05. The van der Waals surface area contributed by atoms with E-state index in [4.69, 9.17) is 0 Å². The van der Waals surface area contributed by atoms with Gasteiger partial charge in [-0.2, -0.15) is 0 Å². The SMILES string of the molecule is CNCCCC1CCN(Cc2cccc(C)c2)CC1. The van der Waals surface area contributed by atoms with E-state index in [2.05, 4.69) is 41.4 Å². The lowest BCUT2D eigenvalue weighted by Gasteiger charge is -2.32. The quantitative estimate of drug-likeness (QED) is 0.790. The van der Waals surface area contributed by atoms with E-state index < -0.39 is 0 Å². The van der Waals surface area contributed by atoms with Crippen molar-refractivity contribution in [3.63, 3.8) is 0 Å². The standard InChI is InChI=1S/C17H28N2/c1-15-5-3-6-17(13-15)14-19-11-8-16(9-12-19)7-4-10-18-2/h3,5-6,13,16,18H,4,7-12,14H2,1-2H3. The van der Waals surface area contributed by atoms with Crippen LogP contribution in [0.4, 0.5) is 0 Å². The third-order valence-corrected chi connectivity index (χ3v) is 4.23. The molecule has 1 aliphatic heterocycles. The van der Waals surface area contributed by atoms with E-state index in [0.29, 0.717) is 0 Å². The van der Waals surface area contributed by atoms with Gasteiger partial charge in [0.15, 0.2) is 0 Å². The number of likely N-dealkylation sites (tertiary alicyclic amines) is 1. The van der Waals surface area contributed by atoms with E-state index in [-0.39, 0.29) is 0 Å². The maximum absolute atomic E-state index is 3.24. The van der Waals surface area contributed by atoms with Crippen molar-refractivity contribution in [3.8, 4) is 0 Å². The van der Waals surface area contributed by atoms with Crippen molar-refractivity contribution >= 4 is 0 Å². The van der Waals surface area contributed by atoms with E-state index in [1.807, 2.05) is 7.05 Å². The van der Waals surface area contributed by atoms with Gasteiger partial charge in [0, 0.05) is 6.54 Å². The smallest absolute Gasteiger partial charge is 0.0233 e. The minimum absolute atomic E-state index is 0.960. The van der Waals surface area contributed by atoms with Crippen LogP contribution in [0.15, 0.2) is 24.3 Å². The van der Waals surface area contributed by atoms with Gasteiger partial charge >= 0.3 is 0 Å². The van der Waals surface area contributed by atoms with Crippen molar-refractivity contribution < 1.29 is 0 Å². The Bertz CT molecular complexity index is 367. The minimum Gasteiger partial charge on any atom is -0.320 e. The first-order valence-electron chi connectivity index (χ1n) is 7.70. The van der Waals surface area contributed by atoms with Crippen LogP contribution in [-0.4, -0.2) is 31.6 Å². The van der Waals surface area contributed by atoms with Gasteiger partial charge in [-0.25, -0.2) is 0 Å². The molecule has 1 saturated heterocycles. The molecule has 0 atom stereocenters. The van der Waals surface area contributed by atoms with E-state index in [0.717, 1.165) is 12.5 Å². The molecule has 0 amide bonds. The molecule has 1 fully saturated rings. The van der Waals surface area contributed by atoms with Crippen LogP contribution in [0.3, 0.4) is 0 Å². The number of hydrogen-bond acceptors (Lipinski definition) is 2. The number of nitrogens with one attached hydrogen (secondary N) is 1. The summed E-state index contributed by atoms with van der Waals surface area (Å²) in [5, 5.41) is 3.24. The zero-order chi connectivity index (χ0) is 13.5. The molecule has 0 radical (unpaired) electrons. The van der Waals surface area contributed by atoms with Crippen LogP contribution in [0.5, 0.6) is 0 Å². The zero-order valence-corrected chi connectivity index (χ0v) is 12.5. The predicted molar refractivity (Wildman–Crippen MR) is 82.3 cm³/mol. The average molecular weight is 260 g/mol. The highest BCUT2D eigenvalue weighted by atomic mass is 15.1. The molecule has 19 heavy (non-hydrogen) atoms. The molecule has 1 aromatic carbocycles. The van der Waals surface area contributed by atoms with Crippen LogP contribution in [-0.2, 0) is 6.54 Å². The maximum atomic E-state index is 3.24. The molecular formula is C17H28N2. The lowest BCUT2D eigenvalue weighted by molar-refractivity contribution is 0.171. The van der Waals surface area contributed by atoms with Gasteiger partial charge < -0.3 is 5.32 Å². The Morgan fingerprint density at radius 2 is 2.05 bits per heavy atom. The molecule has 0 aliphatic carbocycles. The Balaban J connectivity index is 1.71. The Kier molecular flexibility index (Phi) is 5.87. The maximum Gasteiger partial charge on any atom is 0.0233 e. The van der Waals surface area contributed by atoms with Gasteiger partial charge in [0.05, 0.1) is 0 Å². The second kappa shape index (κ2) is 7.66. The summed E-state index contributed by atoms with van der Waals surface area (Å²) >= 11 is 0. The number of benzene rings is 1. The molecule has 0 spiro atoms. The molecule has 106 valence electrons. The second-order valence-corrected chi connectivity index (χ2v) is 5.95. The van der Waals surface area contributed by atoms with Crippen molar-refractivity contribution in [3.05, 3.63) is 35.4 Å². The Morgan fingerprint density at radius 3 is 2.74 bits per heavy atom. The molecule has 2 nitrogen and oxygen atoms in total. The number of aryl methyl sites for hydroxylation is 1. The van der Waals surface area contributed by atoms with E-state index in [9.17, 15) is 0 Å². The van der Waals surface area contributed by atoms with Crippen LogP contribution in [0.1, 0.15) is 36.8 Å². The molecule has 2 heteroatoms. The number of nitrogens with zero attached hydrogens (tertiary/aromatic N) is 1. The summed E-state index contributed by atoms with van der Waals surface area (Å²) in [6, 6.07) is 8.93. The number of rotatable bonds is 6. The van der Waals surface area contributed by atoms with Gasteiger partial charge in [0.2, 0.25) is 0 Å². The topological polar surface area (TPSA) is 15.3 Å². The Hall–Kier alpha value is -0.860. The zero-order valence-electron chi connectivity index (χ0n) is 12.5. The summed E-state index contributed by atoms with van der Waals surface area (Å²) < 4.78 is 0. The first kappa shape index (κ1) is 14.5. The summed E-state index contributed by atoms with van der Waals surface area (Å²) in [6.45, 7) is 7.03. The summed E-state index contributed by atoms with van der Waals surface area (Å²) in [5.41, 5.74) is 2.84. The Labute approximate surface area is 118 Å². The highest BCUT2D eigenvalue weighted by Crippen LogP contribution is 2.22. The summed E-state index contributed by atoms with van der Waals surface area (Å²) in [5.74, 6) is 0.960. The fourth-order valence-corrected chi connectivity index (χ4v) is 3.07. The predicted octanol–water partition coefficient (Wildman–Crippen LogP) is 3.21. The van der Waals surface area contributed by atoms with Gasteiger partial charge in [-0.05, 0) is 70.8 Å². The molecule has 1 heterocycles. The van der Waals surface area contributed by atoms with Crippen molar-refractivity contribution in [2.75, 3.05) is 26.7 Å². The molecule has 1 aliphatic rings. The molecule has 1 N–H and O–H groups in total. The normalized spacial score (nSPS) is 17.8. The van der Waals surface area contributed by atoms with Crippen LogP contribution in [0, 0.1) is 12.8 Å². The Morgan fingerprint density at radius 1 is 1.26 bits per heavy atom. The molecule has 0 bridgehead atoms. The third kappa shape index (κ3) is 4.96. The number of piperidine rings is 1. The average Bonchev–Trinajstić information content (AvgIpc) is 2.41. The van der Waals surface area contributed by atoms with Crippen LogP contribution < -0.4 is 5.32 Å². The fourth-order valence-electron chi connectivity index (χ4n) is 3.07. The molecule has 0 unspecified atom stereocenters.